The van der Waals surface area contributed by atoms with Crippen molar-refractivity contribution in [2.75, 3.05) is 20.7 Å². The summed E-state index contributed by atoms with van der Waals surface area (Å²) in [7, 11) is 5.22. The van der Waals surface area contributed by atoms with E-state index >= 15 is 0 Å². The molecule has 1 aromatic heterocycles. The number of hydrogen-bond acceptors (Lipinski definition) is 5. The van der Waals surface area contributed by atoms with Gasteiger partial charge in [-0.25, -0.2) is 4.99 Å². The third kappa shape index (κ3) is 6.80. The quantitative estimate of drug-likeness (QED) is 0.341. The monoisotopic (exact) mass is 449 g/mol. The van der Waals surface area contributed by atoms with Crippen molar-refractivity contribution < 1.29 is 9.53 Å². The second kappa shape index (κ2) is 11.7. The Kier molecular flexibility index (Phi) is 8.40. The molecular weight excluding hydrogens is 418 g/mol. The lowest BCUT2D eigenvalue weighted by Crippen LogP contribution is -2.38. The molecule has 0 aliphatic rings. The molecule has 1 amide bonds. The van der Waals surface area contributed by atoms with Gasteiger partial charge in [-0.3, -0.25) is 4.79 Å². The van der Waals surface area contributed by atoms with Gasteiger partial charge in [0.05, 0.1) is 20.2 Å². The van der Waals surface area contributed by atoms with Gasteiger partial charge in [0.15, 0.2) is 11.8 Å². The fraction of sp³-hybridized carbons (Fsp3) is 0.333. The molecule has 0 spiro atoms. The van der Waals surface area contributed by atoms with Crippen molar-refractivity contribution in [1.29, 1.82) is 0 Å². The zero-order valence-electron chi connectivity index (χ0n) is 19.6. The maximum Gasteiger partial charge on any atom is 0.251 e. The Morgan fingerprint density at radius 2 is 1.88 bits per heavy atom. The number of aryl methyl sites for hydroxylation is 1. The number of hydrogen-bond donors (Lipinski definition) is 3. The molecule has 174 valence electrons. The maximum atomic E-state index is 11.9. The summed E-state index contributed by atoms with van der Waals surface area (Å²) in [6.45, 7) is 3.59. The van der Waals surface area contributed by atoms with Gasteiger partial charge in [0, 0.05) is 26.2 Å². The summed E-state index contributed by atoms with van der Waals surface area (Å²) in [6.07, 6.45) is 0.747. The van der Waals surface area contributed by atoms with Gasteiger partial charge in [0.2, 0.25) is 0 Å². The van der Waals surface area contributed by atoms with Crippen LogP contribution in [0, 0.1) is 6.92 Å². The van der Waals surface area contributed by atoms with Crippen LogP contribution in [0.4, 0.5) is 0 Å². The molecule has 3 N–H and O–H groups in total. The van der Waals surface area contributed by atoms with E-state index in [1.807, 2.05) is 67.1 Å². The van der Waals surface area contributed by atoms with E-state index in [1.165, 1.54) is 0 Å². The van der Waals surface area contributed by atoms with Crippen LogP contribution < -0.4 is 20.7 Å². The number of carbonyl (C=O) groups is 1. The molecule has 0 radical (unpaired) electrons. The van der Waals surface area contributed by atoms with Gasteiger partial charge in [-0.05, 0) is 48.7 Å². The lowest BCUT2D eigenvalue weighted by Gasteiger charge is -2.13. The van der Waals surface area contributed by atoms with Crippen LogP contribution in [0.15, 0.2) is 53.5 Å². The SMILES string of the molecule is CNC(=O)c1cccc(CCNC(=NCc2ccc(OC)cc2)NCc2nnc(C)n2C)c1. The molecule has 9 heteroatoms. The Hall–Kier alpha value is -3.88. The average Bonchev–Trinajstić information content (AvgIpc) is 3.17. The largest absolute Gasteiger partial charge is 0.497 e. The zero-order chi connectivity index (χ0) is 23.6. The number of rotatable bonds is 9. The van der Waals surface area contributed by atoms with Crippen molar-refractivity contribution in [2.45, 2.75) is 26.4 Å². The van der Waals surface area contributed by atoms with Crippen LogP contribution in [0.5, 0.6) is 5.75 Å². The highest BCUT2D eigenvalue weighted by Crippen LogP contribution is 2.12. The van der Waals surface area contributed by atoms with Crippen LogP contribution in [0.25, 0.3) is 0 Å². The first-order valence-electron chi connectivity index (χ1n) is 10.8. The summed E-state index contributed by atoms with van der Waals surface area (Å²) in [5.74, 6) is 3.08. The minimum Gasteiger partial charge on any atom is -0.497 e. The fourth-order valence-corrected chi connectivity index (χ4v) is 3.18. The predicted molar refractivity (Wildman–Crippen MR) is 128 cm³/mol. The van der Waals surface area contributed by atoms with Gasteiger partial charge < -0.3 is 25.3 Å². The lowest BCUT2D eigenvalue weighted by molar-refractivity contribution is 0.0963. The summed E-state index contributed by atoms with van der Waals surface area (Å²) in [5.41, 5.74) is 2.80. The lowest BCUT2D eigenvalue weighted by atomic mass is 10.1. The Balaban J connectivity index is 1.65. The third-order valence-electron chi connectivity index (χ3n) is 5.30. The molecule has 33 heavy (non-hydrogen) atoms. The molecule has 0 unspecified atom stereocenters. The van der Waals surface area contributed by atoms with Gasteiger partial charge >= 0.3 is 0 Å². The number of benzene rings is 2. The Labute approximate surface area is 194 Å². The smallest absolute Gasteiger partial charge is 0.251 e. The Bertz CT molecular complexity index is 1090. The van der Waals surface area contributed by atoms with Crippen molar-refractivity contribution in [3.63, 3.8) is 0 Å². The van der Waals surface area contributed by atoms with E-state index in [4.69, 9.17) is 9.73 Å². The second-order valence-corrected chi connectivity index (χ2v) is 7.55. The number of guanidine groups is 1. The number of aliphatic imine (C=N–C) groups is 1. The third-order valence-corrected chi connectivity index (χ3v) is 5.30. The molecule has 0 aliphatic heterocycles. The number of carbonyl (C=O) groups excluding carboxylic acids is 1. The normalized spacial score (nSPS) is 11.2. The highest BCUT2D eigenvalue weighted by atomic mass is 16.5. The number of aromatic nitrogens is 3. The Morgan fingerprint density at radius 3 is 2.55 bits per heavy atom. The summed E-state index contributed by atoms with van der Waals surface area (Å²) in [6, 6.07) is 15.5. The minimum absolute atomic E-state index is 0.0906. The van der Waals surface area contributed by atoms with E-state index in [9.17, 15) is 4.79 Å². The first-order chi connectivity index (χ1) is 16.0. The van der Waals surface area contributed by atoms with Gasteiger partial charge in [-0.1, -0.05) is 24.3 Å². The molecule has 0 bridgehead atoms. The molecule has 3 aromatic rings. The van der Waals surface area contributed by atoms with Crippen molar-refractivity contribution in [1.82, 2.24) is 30.7 Å². The van der Waals surface area contributed by atoms with E-state index < -0.39 is 0 Å². The maximum absolute atomic E-state index is 11.9. The van der Waals surface area contributed by atoms with Gasteiger partial charge in [-0.15, -0.1) is 10.2 Å². The Morgan fingerprint density at radius 1 is 1.09 bits per heavy atom. The highest BCUT2D eigenvalue weighted by Gasteiger charge is 2.07. The number of nitrogens with one attached hydrogen (secondary N) is 3. The molecule has 1 heterocycles. The van der Waals surface area contributed by atoms with E-state index in [2.05, 4.69) is 26.1 Å². The van der Waals surface area contributed by atoms with E-state index in [0.29, 0.717) is 31.2 Å². The van der Waals surface area contributed by atoms with Crippen LogP contribution in [0.3, 0.4) is 0 Å². The number of nitrogens with zero attached hydrogens (tertiary/aromatic N) is 4. The molecule has 0 saturated carbocycles. The van der Waals surface area contributed by atoms with Crippen LogP contribution >= 0.6 is 0 Å². The molecule has 0 aliphatic carbocycles. The molecule has 2 aromatic carbocycles. The second-order valence-electron chi connectivity index (χ2n) is 7.55. The van der Waals surface area contributed by atoms with Crippen molar-refractivity contribution in [2.24, 2.45) is 12.0 Å². The average molecular weight is 450 g/mol. The van der Waals surface area contributed by atoms with E-state index in [0.717, 1.165) is 34.9 Å². The van der Waals surface area contributed by atoms with Crippen LogP contribution in [-0.4, -0.2) is 47.3 Å². The number of methoxy groups -OCH3 is 1. The summed E-state index contributed by atoms with van der Waals surface area (Å²) < 4.78 is 7.16. The van der Waals surface area contributed by atoms with E-state index in [1.54, 1.807) is 14.2 Å². The molecular formula is C24H31N7O2. The highest BCUT2D eigenvalue weighted by molar-refractivity contribution is 5.94. The minimum atomic E-state index is -0.0906. The first kappa shape index (κ1) is 23.8. The van der Waals surface area contributed by atoms with Crippen molar-refractivity contribution >= 4 is 11.9 Å². The zero-order valence-corrected chi connectivity index (χ0v) is 19.6. The summed E-state index contributed by atoms with van der Waals surface area (Å²) >= 11 is 0. The van der Waals surface area contributed by atoms with Crippen LogP contribution in [0.1, 0.15) is 33.1 Å². The van der Waals surface area contributed by atoms with Crippen LogP contribution in [-0.2, 0) is 26.6 Å². The standard InChI is InChI=1S/C24H31N7O2/c1-17-29-30-22(31(17)3)16-28-24(27-15-19-8-10-21(33-4)11-9-19)26-13-12-18-6-5-7-20(14-18)23(32)25-2/h5-11,14H,12-13,15-16H2,1-4H3,(H,25,32)(H2,26,27,28). The number of amides is 1. The predicted octanol–water partition coefficient (Wildman–Crippen LogP) is 1.97. The number of ether oxygens (including phenoxy) is 1. The van der Waals surface area contributed by atoms with E-state index in [-0.39, 0.29) is 5.91 Å². The van der Waals surface area contributed by atoms with Gasteiger partial charge in [0.25, 0.3) is 5.91 Å². The van der Waals surface area contributed by atoms with Crippen LogP contribution in [0.2, 0.25) is 0 Å². The first-order valence-corrected chi connectivity index (χ1v) is 10.8. The van der Waals surface area contributed by atoms with Crippen molar-refractivity contribution in [3.05, 3.63) is 76.9 Å². The van der Waals surface area contributed by atoms with Gasteiger partial charge in [-0.2, -0.15) is 0 Å². The molecule has 0 saturated heterocycles. The molecule has 3 rings (SSSR count). The summed E-state index contributed by atoms with van der Waals surface area (Å²) in [5, 5.41) is 17.7. The van der Waals surface area contributed by atoms with Gasteiger partial charge in [0.1, 0.15) is 11.6 Å². The molecule has 0 atom stereocenters. The molecule has 9 nitrogen and oxygen atoms in total. The van der Waals surface area contributed by atoms with Crippen molar-refractivity contribution in [3.8, 4) is 5.75 Å². The fourth-order valence-electron chi connectivity index (χ4n) is 3.18. The topological polar surface area (TPSA) is 105 Å². The summed E-state index contributed by atoms with van der Waals surface area (Å²) in [4.78, 5) is 16.6. The molecule has 0 fully saturated rings.